The van der Waals surface area contributed by atoms with Gasteiger partial charge >= 0.3 is 0 Å². The van der Waals surface area contributed by atoms with Gasteiger partial charge in [-0.15, -0.1) is 0 Å². The third-order valence-electron chi connectivity index (χ3n) is 5.08. The lowest BCUT2D eigenvalue weighted by molar-refractivity contribution is 0.453. The van der Waals surface area contributed by atoms with Gasteiger partial charge < -0.3 is 11.1 Å². The van der Waals surface area contributed by atoms with Crippen molar-refractivity contribution in [1.29, 1.82) is 0 Å². The van der Waals surface area contributed by atoms with Gasteiger partial charge in [-0.2, -0.15) is 0 Å². The maximum Gasteiger partial charge on any atom is 0.220 e. The molecule has 0 amide bonds. The number of piperidine rings is 1. The molecule has 0 radical (unpaired) electrons. The van der Waals surface area contributed by atoms with Crippen LogP contribution in [0, 0.1) is 0 Å². The highest BCUT2D eigenvalue weighted by Crippen LogP contribution is 2.38. The summed E-state index contributed by atoms with van der Waals surface area (Å²) in [6.07, 6.45) is 6.46. The molecule has 1 fully saturated rings. The number of aromatic nitrogens is 2. The number of nitrogens with zero attached hydrogens (tertiary/aromatic N) is 2. The van der Waals surface area contributed by atoms with Crippen molar-refractivity contribution in [1.82, 2.24) is 15.3 Å². The lowest BCUT2D eigenvalue weighted by Crippen LogP contribution is -2.27. The maximum atomic E-state index is 5.90. The van der Waals surface area contributed by atoms with Crippen LogP contribution in [0.4, 0.5) is 5.95 Å². The van der Waals surface area contributed by atoms with E-state index in [1.807, 2.05) is 6.20 Å². The second kappa shape index (κ2) is 5.69. The number of fused-ring (bicyclic) bond motifs is 1. The highest BCUT2D eigenvalue weighted by Gasteiger charge is 2.29. The number of rotatable bonds is 2. The Morgan fingerprint density at radius 1 is 1.00 bits per heavy atom. The Morgan fingerprint density at radius 2 is 1.68 bits per heavy atom. The van der Waals surface area contributed by atoms with Crippen LogP contribution in [0.3, 0.4) is 0 Å². The summed E-state index contributed by atoms with van der Waals surface area (Å²) in [5, 5.41) is 3.43. The zero-order chi connectivity index (χ0) is 14.9. The number of benzene rings is 1. The number of hydrogen-bond acceptors (Lipinski definition) is 4. The summed E-state index contributed by atoms with van der Waals surface area (Å²) in [6.45, 7) is 2.17. The molecular formula is C18H22N4. The molecule has 0 saturated carbocycles. The SMILES string of the molecule is Nc1ncc(C2CCNCC2)c(C2Cc3ccccc3C2)n1. The molecule has 1 aromatic carbocycles. The first-order chi connectivity index (χ1) is 10.8. The van der Waals surface area contributed by atoms with Crippen molar-refractivity contribution in [3.05, 3.63) is 52.8 Å². The van der Waals surface area contributed by atoms with E-state index in [9.17, 15) is 0 Å². The third-order valence-corrected chi connectivity index (χ3v) is 5.08. The first kappa shape index (κ1) is 13.7. The fourth-order valence-corrected chi connectivity index (χ4v) is 3.95. The van der Waals surface area contributed by atoms with Crippen LogP contribution in [0.25, 0.3) is 0 Å². The van der Waals surface area contributed by atoms with Crippen molar-refractivity contribution in [2.24, 2.45) is 0 Å². The Labute approximate surface area is 131 Å². The van der Waals surface area contributed by atoms with Crippen molar-refractivity contribution in [3.8, 4) is 0 Å². The van der Waals surface area contributed by atoms with Gasteiger partial charge in [0.25, 0.3) is 0 Å². The fourth-order valence-electron chi connectivity index (χ4n) is 3.95. The molecule has 0 bridgehead atoms. The molecule has 22 heavy (non-hydrogen) atoms. The Kier molecular flexibility index (Phi) is 3.54. The summed E-state index contributed by atoms with van der Waals surface area (Å²) < 4.78 is 0. The third kappa shape index (κ3) is 2.48. The van der Waals surface area contributed by atoms with Crippen molar-refractivity contribution in [2.45, 2.75) is 37.5 Å². The van der Waals surface area contributed by atoms with Crippen LogP contribution < -0.4 is 11.1 Å². The zero-order valence-corrected chi connectivity index (χ0v) is 12.8. The summed E-state index contributed by atoms with van der Waals surface area (Å²) in [6, 6.07) is 8.74. The first-order valence-corrected chi connectivity index (χ1v) is 8.21. The van der Waals surface area contributed by atoms with E-state index >= 15 is 0 Å². The minimum Gasteiger partial charge on any atom is -0.368 e. The molecular weight excluding hydrogens is 272 g/mol. The van der Waals surface area contributed by atoms with Gasteiger partial charge in [0.15, 0.2) is 0 Å². The second-order valence-electron chi connectivity index (χ2n) is 6.47. The summed E-state index contributed by atoms with van der Waals surface area (Å²) in [5.41, 5.74) is 11.3. The molecule has 1 aliphatic heterocycles. The number of nitrogens with one attached hydrogen (secondary N) is 1. The van der Waals surface area contributed by atoms with Crippen molar-refractivity contribution in [3.63, 3.8) is 0 Å². The molecule has 4 heteroatoms. The van der Waals surface area contributed by atoms with Gasteiger partial charge in [0, 0.05) is 12.1 Å². The molecule has 4 rings (SSSR count). The smallest absolute Gasteiger partial charge is 0.220 e. The van der Waals surface area contributed by atoms with Crippen molar-refractivity contribution >= 4 is 5.95 Å². The van der Waals surface area contributed by atoms with E-state index in [-0.39, 0.29) is 0 Å². The minimum absolute atomic E-state index is 0.406. The molecule has 1 saturated heterocycles. The molecule has 4 nitrogen and oxygen atoms in total. The lowest BCUT2D eigenvalue weighted by atomic mass is 9.86. The average molecular weight is 294 g/mol. The summed E-state index contributed by atoms with van der Waals surface area (Å²) in [4.78, 5) is 8.94. The molecule has 0 atom stereocenters. The molecule has 0 spiro atoms. The standard InChI is InChI=1S/C18H22N4/c19-18-21-11-16(12-5-7-20-8-6-12)17(22-18)15-9-13-3-1-2-4-14(13)10-15/h1-4,11-12,15,20H,5-10H2,(H2,19,21,22). The van der Waals surface area contributed by atoms with Gasteiger partial charge in [-0.1, -0.05) is 24.3 Å². The van der Waals surface area contributed by atoms with Crippen LogP contribution in [0.15, 0.2) is 30.5 Å². The van der Waals surface area contributed by atoms with E-state index in [1.165, 1.54) is 35.2 Å². The summed E-state index contributed by atoms with van der Waals surface area (Å²) >= 11 is 0. The van der Waals surface area contributed by atoms with E-state index in [1.54, 1.807) is 0 Å². The van der Waals surface area contributed by atoms with E-state index in [0.29, 0.717) is 17.8 Å². The van der Waals surface area contributed by atoms with Gasteiger partial charge in [-0.05, 0) is 61.4 Å². The molecule has 0 unspecified atom stereocenters. The van der Waals surface area contributed by atoms with E-state index in [0.717, 1.165) is 25.9 Å². The minimum atomic E-state index is 0.406. The number of anilines is 1. The van der Waals surface area contributed by atoms with Crippen molar-refractivity contribution < 1.29 is 0 Å². The van der Waals surface area contributed by atoms with Crippen LogP contribution in [0.1, 0.15) is 47.1 Å². The van der Waals surface area contributed by atoms with E-state index in [4.69, 9.17) is 5.73 Å². The van der Waals surface area contributed by atoms with Gasteiger partial charge in [-0.25, -0.2) is 9.97 Å². The van der Waals surface area contributed by atoms with Crippen LogP contribution in [0.5, 0.6) is 0 Å². The highest BCUT2D eigenvalue weighted by molar-refractivity contribution is 5.40. The molecule has 2 aromatic rings. The Bertz CT molecular complexity index is 652. The maximum absolute atomic E-state index is 5.90. The Morgan fingerprint density at radius 3 is 2.36 bits per heavy atom. The number of nitrogen functional groups attached to an aromatic ring is 1. The zero-order valence-electron chi connectivity index (χ0n) is 12.8. The largest absolute Gasteiger partial charge is 0.368 e. The predicted molar refractivity (Wildman–Crippen MR) is 87.9 cm³/mol. The number of nitrogens with two attached hydrogens (primary N) is 1. The number of hydrogen-bond donors (Lipinski definition) is 2. The molecule has 2 aliphatic rings. The monoisotopic (exact) mass is 294 g/mol. The Hall–Kier alpha value is -1.94. The summed E-state index contributed by atoms with van der Waals surface area (Å²) in [5.74, 6) is 1.43. The summed E-state index contributed by atoms with van der Waals surface area (Å²) in [7, 11) is 0. The molecule has 2 heterocycles. The molecule has 1 aliphatic carbocycles. The average Bonchev–Trinajstić information content (AvgIpc) is 2.99. The molecule has 3 N–H and O–H groups in total. The second-order valence-corrected chi connectivity index (χ2v) is 6.47. The first-order valence-electron chi connectivity index (χ1n) is 8.21. The highest BCUT2D eigenvalue weighted by atomic mass is 15.0. The lowest BCUT2D eigenvalue weighted by Gasteiger charge is -2.26. The van der Waals surface area contributed by atoms with Gasteiger partial charge in [0.05, 0.1) is 5.69 Å². The quantitative estimate of drug-likeness (QED) is 0.893. The van der Waals surface area contributed by atoms with Gasteiger partial charge in [-0.3, -0.25) is 0 Å². The molecule has 1 aromatic heterocycles. The Balaban J connectivity index is 1.68. The van der Waals surface area contributed by atoms with Crippen LogP contribution >= 0.6 is 0 Å². The van der Waals surface area contributed by atoms with Crippen molar-refractivity contribution in [2.75, 3.05) is 18.8 Å². The topological polar surface area (TPSA) is 63.8 Å². The fraction of sp³-hybridized carbons (Fsp3) is 0.444. The molecule has 114 valence electrons. The van der Waals surface area contributed by atoms with Crippen LogP contribution in [-0.2, 0) is 12.8 Å². The van der Waals surface area contributed by atoms with Crippen LogP contribution in [-0.4, -0.2) is 23.1 Å². The van der Waals surface area contributed by atoms with E-state index in [2.05, 4.69) is 39.6 Å². The normalized spacial score (nSPS) is 19.3. The predicted octanol–water partition coefficient (Wildman–Crippen LogP) is 2.41. The van der Waals surface area contributed by atoms with E-state index < -0.39 is 0 Å². The van der Waals surface area contributed by atoms with Crippen LogP contribution in [0.2, 0.25) is 0 Å². The van der Waals surface area contributed by atoms with Gasteiger partial charge in [0.2, 0.25) is 5.95 Å². The van der Waals surface area contributed by atoms with Gasteiger partial charge in [0.1, 0.15) is 0 Å².